The van der Waals surface area contributed by atoms with E-state index in [1.807, 2.05) is 50.2 Å². The van der Waals surface area contributed by atoms with E-state index in [4.69, 9.17) is 0 Å². The summed E-state index contributed by atoms with van der Waals surface area (Å²) in [5, 5.41) is 6.79. The number of hydrogen-bond donors (Lipinski definition) is 2. The Morgan fingerprint density at radius 3 is 2.87 bits per heavy atom. The molecule has 0 aliphatic heterocycles. The third kappa shape index (κ3) is 3.65. The number of benzene rings is 1. The van der Waals surface area contributed by atoms with Crippen LogP contribution in [-0.2, 0) is 4.79 Å². The van der Waals surface area contributed by atoms with Gasteiger partial charge in [-0.2, -0.15) is 0 Å². The van der Waals surface area contributed by atoms with E-state index in [9.17, 15) is 4.79 Å². The van der Waals surface area contributed by atoms with Crippen molar-refractivity contribution in [2.24, 2.45) is 0 Å². The maximum Gasteiger partial charge on any atom is 0.239 e. The van der Waals surface area contributed by atoms with E-state index in [2.05, 4.69) is 20.6 Å². The van der Waals surface area contributed by atoms with Crippen molar-refractivity contribution >= 4 is 32.6 Å². The zero-order chi connectivity index (χ0) is 16.2. The highest BCUT2D eigenvalue weighted by molar-refractivity contribution is 7.22. The topological polar surface area (TPSA) is 66.9 Å². The van der Waals surface area contributed by atoms with Gasteiger partial charge < -0.3 is 10.6 Å². The lowest BCUT2D eigenvalue weighted by atomic mass is 10.1. The summed E-state index contributed by atoms with van der Waals surface area (Å²) in [6, 6.07) is 11.7. The molecule has 0 fully saturated rings. The van der Waals surface area contributed by atoms with Crippen LogP contribution in [0.25, 0.3) is 10.2 Å². The molecule has 5 nitrogen and oxygen atoms in total. The lowest BCUT2D eigenvalue weighted by Gasteiger charge is -2.15. The average Bonchev–Trinajstić information content (AvgIpc) is 2.96. The molecule has 23 heavy (non-hydrogen) atoms. The number of thiazole rings is 1. The van der Waals surface area contributed by atoms with Crippen LogP contribution in [0.15, 0.2) is 42.6 Å². The van der Waals surface area contributed by atoms with E-state index in [1.165, 1.54) is 0 Å². The summed E-state index contributed by atoms with van der Waals surface area (Å²) in [6.07, 6.45) is 1.74. The van der Waals surface area contributed by atoms with Crippen molar-refractivity contribution in [1.29, 1.82) is 0 Å². The van der Waals surface area contributed by atoms with E-state index in [0.29, 0.717) is 0 Å². The molecule has 0 saturated carbocycles. The molecular formula is C17H18N4OS. The van der Waals surface area contributed by atoms with Crippen LogP contribution >= 0.6 is 11.3 Å². The molecule has 2 heterocycles. The molecule has 3 aromatic rings. The predicted octanol–water partition coefficient (Wildman–Crippen LogP) is 3.29. The highest BCUT2D eigenvalue weighted by atomic mass is 32.1. The average molecular weight is 326 g/mol. The van der Waals surface area contributed by atoms with Crippen molar-refractivity contribution in [3.8, 4) is 0 Å². The summed E-state index contributed by atoms with van der Waals surface area (Å²) in [5.74, 6) is -0.0817. The number of para-hydroxylation sites is 1. The summed E-state index contributed by atoms with van der Waals surface area (Å²) >= 11 is 1.54. The van der Waals surface area contributed by atoms with Crippen molar-refractivity contribution in [3.63, 3.8) is 0 Å². The van der Waals surface area contributed by atoms with Crippen molar-refractivity contribution in [3.05, 3.63) is 53.9 Å². The summed E-state index contributed by atoms with van der Waals surface area (Å²) in [6.45, 7) is 4.12. The van der Waals surface area contributed by atoms with Crippen LogP contribution in [-0.4, -0.2) is 22.4 Å². The minimum Gasteiger partial charge on any atom is -0.352 e. The van der Waals surface area contributed by atoms with Gasteiger partial charge in [0.25, 0.3) is 0 Å². The van der Waals surface area contributed by atoms with Gasteiger partial charge in [-0.1, -0.05) is 29.5 Å². The maximum absolute atomic E-state index is 12.1. The van der Waals surface area contributed by atoms with Crippen LogP contribution in [0.1, 0.15) is 24.2 Å². The van der Waals surface area contributed by atoms with E-state index in [-0.39, 0.29) is 18.5 Å². The van der Waals surface area contributed by atoms with Crippen molar-refractivity contribution in [2.45, 2.75) is 19.9 Å². The largest absolute Gasteiger partial charge is 0.352 e. The second-order valence-electron chi connectivity index (χ2n) is 5.34. The number of carbonyl (C=O) groups is 1. The van der Waals surface area contributed by atoms with Crippen LogP contribution in [0.5, 0.6) is 0 Å². The van der Waals surface area contributed by atoms with Gasteiger partial charge in [-0.15, -0.1) is 0 Å². The normalized spacial score (nSPS) is 12.1. The number of anilines is 1. The lowest BCUT2D eigenvalue weighted by molar-refractivity contribution is -0.120. The Bertz CT molecular complexity index is 797. The fraction of sp³-hybridized carbons (Fsp3) is 0.235. The Hall–Kier alpha value is -2.47. The van der Waals surface area contributed by atoms with Gasteiger partial charge >= 0.3 is 0 Å². The first-order valence-electron chi connectivity index (χ1n) is 7.44. The number of aromatic nitrogens is 2. The third-order valence-corrected chi connectivity index (χ3v) is 4.53. The van der Waals surface area contributed by atoms with Crippen LogP contribution < -0.4 is 10.6 Å². The smallest absolute Gasteiger partial charge is 0.239 e. The van der Waals surface area contributed by atoms with Gasteiger partial charge in [-0.25, -0.2) is 4.98 Å². The fourth-order valence-electron chi connectivity index (χ4n) is 2.42. The SMILES string of the molecule is Cc1cccnc1[C@@H](C)NC(=O)CNc1nc2ccccc2s1. The second kappa shape index (κ2) is 6.75. The number of amides is 1. The standard InChI is InChI=1S/C17H18N4OS/c1-11-6-5-9-18-16(11)12(2)20-15(22)10-19-17-21-13-7-3-4-8-14(13)23-17/h3-9,12H,10H2,1-2H3,(H,19,21)(H,20,22)/t12-/m1/s1. The highest BCUT2D eigenvalue weighted by Crippen LogP contribution is 2.25. The molecule has 0 aliphatic carbocycles. The van der Waals surface area contributed by atoms with Crippen LogP contribution in [0.2, 0.25) is 0 Å². The summed E-state index contributed by atoms with van der Waals surface area (Å²) in [4.78, 5) is 20.9. The Morgan fingerprint density at radius 1 is 1.26 bits per heavy atom. The van der Waals surface area contributed by atoms with Gasteiger partial charge in [0.15, 0.2) is 5.13 Å². The molecule has 118 valence electrons. The first kappa shape index (κ1) is 15.4. The molecule has 2 N–H and O–H groups in total. The zero-order valence-corrected chi connectivity index (χ0v) is 13.9. The second-order valence-corrected chi connectivity index (χ2v) is 6.37. The summed E-state index contributed by atoms with van der Waals surface area (Å²) in [5.41, 5.74) is 2.90. The molecule has 0 spiro atoms. The van der Waals surface area contributed by atoms with Gasteiger partial charge in [0.2, 0.25) is 5.91 Å². The first-order chi connectivity index (χ1) is 11.1. The minimum absolute atomic E-state index is 0.0817. The molecule has 2 aromatic heterocycles. The maximum atomic E-state index is 12.1. The molecular weight excluding hydrogens is 308 g/mol. The van der Waals surface area contributed by atoms with E-state index in [0.717, 1.165) is 26.6 Å². The Labute approximate surface area is 138 Å². The number of nitrogens with zero attached hydrogens (tertiary/aromatic N) is 2. The fourth-order valence-corrected chi connectivity index (χ4v) is 3.28. The molecule has 0 unspecified atom stereocenters. The van der Waals surface area contributed by atoms with E-state index in [1.54, 1.807) is 17.5 Å². The molecule has 6 heteroatoms. The molecule has 0 bridgehead atoms. The van der Waals surface area contributed by atoms with Crippen molar-refractivity contribution < 1.29 is 4.79 Å². The van der Waals surface area contributed by atoms with Gasteiger partial charge in [0.1, 0.15) is 0 Å². The predicted molar refractivity (Wildman–Crippen MR) is 93.6 cm³/mol. The lowest BCUT2D eigenvalue weighted by Crippen LogP contribution is -2.32. The van der Waals surface area contributed by atoms with Gasteiger partial charge in [0.05, 0.1) is 28.5 Å². The molecule has 0 aliphatic rings. The van der Waals surface area contributed by atoms with Gasteiger partial charge in [-0.3, -0.25) is 9.78 Å². The monoisotopic (exact) mass is 326 g/mol. The van der Waals surface area contributed by atoms with Gasteiger partial charge in [-0.05, 0) is 37.6 Å². The number of fused-ring (bicyclic) bond motifs is 1. The van der Waals surface area contributed by atoms with E-state index < -0.39 is 0 Å². The number of nitrogens with one attached hydrogen (secondary N) is 2. The Kier molecular flexibility index (Phi) is 4.52. The van der Waals surface area contributed by atoms with Crippen molar-refractivity contribution in [1.82, 2.24) is 15.3 Å². The Morgan fingerprint density at radius 2 is 2.09 bits per heavy atom. The highest BCUT2D eigenvalue weighted by Gasteiger charge is 2.13. The molecule has 1 amide bonds. The minimum atomic E-state index is -0.124. The van der Waals surface area contributed by atoms with Crippen LogP contribution in [0.3, 0.4) is 0 Å². The molecule has 1 atom stereocenters. The van der Waals surface area contributed by atoms with Crippen molar-refractivity contribution in [2.75, 3.05) is 11.9 Å². The molecule has 0 radical (unpaired) electrons. The quantitative estimate of drug-likeness (QED) is 0.755. The number of carbonyl (C=O) groups excluding carboxylic acids is 1. The summed E-state index contributed by atoms with van der Waals surface area (Å²) < 4.78 is 1.10. The summed E-state index contributed by atoms with van der Waals surface area (Å²) in [7, 11) is 0. The van der Waals surface area contributed by atoms with E-state index >= 15 is 0 Å². The number of pyridine rings is 1. The first-order valence-corrected chi connectivity index (χ1v) is 8.25. The zero-order valence-electron chi connectivity index (χ0n) is 13.0. The van der Waals surface area contributed by atoms with Crippen LogP contribution in [0, 0.1) is 6.92 Å². The molecule has 3 rings (SSSR count). The van der Waals surface area contributed by atoms with Gasteiger partial charge in [0, 0.05) is 6.20 Å². The Balaban J connectivity index is 1.58. The molecule has 0 saturated heterocycles. The van der Waals surface area contributed by atoms with Crippen LogP contribution in [0.4, 0.5) is 5.13 Å². The number of aryl methyl sites for hydroxylation is 1. The third-order valence-electron chi connectivity index (χ3n) is 3.53. The molecule has 1 aromatic carbocycles. The number of hydrogen-bond acceptors (Lipinski definition) is 5. The number of rotatable bonds is 5.